The Kier molecular flexibility index (Phi) is 28.6. The number of rotatable bonds is 12. The number of hydrogen-bond acceptors (Lipinski definition) is 8. The Morgan fingerprint density at radius 3 is 2.23 bits per heavy atom. The van der Waals surface area contributed by atoms with Crippen LogP contribution in [0, 0.1) is 0 Å². The van der Waals surface area contributed by atoms with Crippen molar-refractivity contribution in [1.82, 2.24) is 0 Å². The smallest absolute Gasteiger partial charge is 0.508 e. The highest BCUT2D eigenvalue weighted by Crippen LogP contribution is 2.22. The van der Waals surface area contributed by atoms with E-state index in [2.05, 4.69) is 11.3 Å². The van der Waals surface area contributed by atoms with Gasteiger partial charge in [-0.25, -0.2) is 4.79 Å². The van der Waals surface area contributed by atoms with E-state index in [1.807, 2.05) is 70.2 Å². The Bertz CT molecular complexity index is 985. The highest BCUT2D eigenvalue weighted by Gasteiger charge is 2.08. The molecule has 224 valence electrons. The summed E-state index contributed by atoms with van der Waals surface area (Å²) in [5, 5.41) is 16.4. The third kappa shape index (κ3) is 22.1. The largest absolute Gasteiger partial charge is 0.508 e. The van der Waals surface area contributed by atoms with Gasteiger partial charge in [-0.15, -0.1) is 0 Å². The van der Waals surface area contributed by atoms with E-state index in [4.69, 9.17) is 19.3 Å². The first-order valence-electron chi connectivity index (χ1n) is 12.9. The molecule has 0 aliphatic rings. The van der Waals surface area contributed by atoms with Crippen molar-refractivity contribution in [3.8, 4) is 5.75 Å². The van der Waals surface area contributed by atoms with E-state index in [9.17, 15) is 14.7 Å². The van der Waals surface area contributed by atoms with Crippen molar-refractivity contribution in [3.63, 3.8) is 0 Å². The zero-order valence-corrected chi connectivity index (χ0v) is 25.5. The van der Waals surface area contributed by atoms with Gasteiger partial charge in [0.1, 0.15) is 18.1 Å². The summed E-state index contributed by atoms with van der Waals surface area (Å²) >= 11 is 0. The molecule has 0 saturated heterocycles. The fourth-order valence-corrected chi connectivity index (χ4v) is 2.54. The minimum absolute atomic E-state index is 0.00738. The van der Waals surface area contributed by atoms with Crippen LogP contribution in [-0.2, 0) is 25.6 Å². The second-order valence-electron chi connectivity index (χ2n) is 7.26. The molecule has 0 aromatic heterocycles. The molecule has 0 saturated carbocycles. The summed E-state index contributed by atoms with van der Waals surface area (Å²) in [5.41, 5.74) is 2.69. The number of methoxy groups -OCH3 is 2. The van der Waals surface area contributed by atoms with Gasteiger partial charge in [0.2, 0.25) is 0 Å². The second kappa shape index (κ2) is 28.1. The number of carbonyl (C=O) groups excluding carboxylic acids is 2. The van der Waals surface area contributed by atoms with Gasteiger partial charge in [0.25, 0.3) is 0 Å². The first kappa shape index (κ1) is 40.6. The van der Waals surface area contributed by atoms with Crippen molar-refractivity contribution in [2.45, 2.75) is 54.3 Å². The number of carbonyl (C=O) groups is 2. The van der Waals surface area contributed by atoms with E-state index in [1.54, 1.807) is 39.4 Å². The molecule has 0 amide bonds. The molecule has 0 fully saturated rings. The summed E-state index contributed by atoms with van der Waals surface area (Å²) in [6, 6.07) is 5.70. The van der Waals surface area contributed by atoms with Gasteiger partial charge in [-0.1, -0.05) is 75.1 Å². The maximum Gasteiger partial charge on any atom is 0.508 e. The molecule has 0 spiro atoms. The molecule has 8 nitrogen and oxygen atoms in total. The Morgan fingerprint density at radius 1 is 1.07 bits per heavy atom. The summed E-state index contributed by atoms with van der Waals surface area (Å²) < 4.78 is 20.0. The molecule has 1 aromatic carbocycles. The maximum absolute atomic E-state index is 11.1. The SMILES string of the molecule is C/C=C/c1ccc(COC(=O)OCC)c(OC)c1.C=C/C=C(C=CC(C)OC)/C=C/C(O)=C/C(C)=O.CC.CO. The number of ether oxygens (including phenoxy) is 4. The predicted molar refractivity (Wildman–Crippen MR) is 163 cm³/mol. The maximum atomic E-state index is 11.1. The van der Waals surface area contributed by atoms with Crippen molar-refractivity contribution in [1.29, 1.82) is 0 Å². The van der Waals surface area contributed by atoms with Gasteiger partial charge in [-0.05, 0) is 51.0 Å². The molecule has 1 rings (SSSR count). The van der Waals surface area contributed by atoms with Crippen LogP contribution in [0.25, 0.3) is 6.08 Å². The molecule has 40 heavy (non-hydrogen) atoms. The van der Waals surface area contributed by atoms with Crippen molar-refractivity contribution >= 4 is 18.0 Å². The van der Waals surface area contributed by atoms with Crippen molar-refractivity contribution < 1.29 is 38.7 Å². The predicted octanol–water partition coefficient (Wildman–Crippen LogP) is 7.31. The highest BCUT2D eigenvalue weighted by molar-refractivity contribution is 5.88. The average Bonchev–Trinajstić information content (AvgIpc) is 2.96. The van der Waals surface area contributed by atoms with Gasteiger partial charge < -0.3 is 29.2 Å². The fourth-order valence-electron chi connectivity index (χ4n) is 2.54. The number of benzene rings is 1. The Balaban J connectivity index is -0.000000608. The van der Waals surface area contributed by atoms with Gasteiger partial charge >= 0.3 is 6.16 Å². The Hall–Kier alpha value is -3.88. The first-order chi connectivity index (χ1) is 19.2. The lowest BCUT2D eigenvalue weighted by atomic mass is 10.1. The van der Waals surface area contributed by atoms with Crippen LogP contribution >= 0.6 is 0 Å². The van der Waals surface area contributed by atoms with Gasteiger partial charge in [-0.2, -0.15) is 0 Å². The van der Waals surface area contributed by atoms with Gasteiger partial charge in [0.05, 0.1) is 19.8 Å². The first-order valence-corrected chi connectivity index (χ1v) is 12.9. The second-order valence-corrected chi connectivity index (χ2v) is 7.26. The molecular weight excluding hydrogens is 512 g/mol. The number of allylic oxidation sites excluding steroid dienone is 8. The number of aliphatic hydroxyl groups is 2. The fraction of sp³-hybridized carbons (Fsp3) is 0.375. The monoisotopic (exact) mass is 560 g/mol. The van der Waals surface area contributed by atoms with Crippen LogP contribution in [0.2, 0.25) is 0 Å². The standard InChI is InChI=1S/C15H20O3.C14H18O4.C2H6.CH4O/c1-5-6-14(8-7-13(3)18-4)9-10-15(17)11-12(2)16;1-4-6-11-7-8-12(13(9-11)16-3)10-18-14(15)17-5-2;2*1-2/h5-11,13,17H,1H2,2-4H3;4,6-9H,5,10H2,1-3H3;1-2H3;2H,1H3/b8-7?,10-9+,14-6+,15-11-;6-4+;;. The van der Waals surface area contributed by atoms with E-state index in [1.165, 1.54) is 13.0 Å². The zero-order chi connectivity index (χ0) is 31.3. The Morgan fingerprint density at radius 2 is 1.73 bits per heavy atom. The summed E-state index contributed by atoms with van der Waals surface area (Å²) in [6.45, 7) is 15.0. The topological polar surface area (TPSA) is 112 Å². The molecule has 0 aliphatic carbocycles. The molecule has 8 heteroatoms. The van der Waals surface area contributed by atoms with E-state index in [0.29, 0.717) is 12.4 Å². The van der Waals surface area contributed by atoms with Crippen LogP contribution in [0.5, 0.6) is 5.75 Å². The minimum Gasteiger partial charge on any atom is -0.508 e. The number of hydrogen-bond donors (Lipinski definition) is 2. The molecule has 1 atom stereocenters. The molecule has 0 heterocycles. The van der Waals surface area contributed by atoms with E-state index in [-0.39, 0.29) is 24.3 Å². The lowest BCUT2D eigenvalue weighted by molar-refractivity contribution is -0.112. The molecular formula is C32H48O8. The normalized spacial score (nSPS) is 11.8. The molecule has 0 bridgehead atoms. The summed E-state index contributed by atoms with van der Waals surface area (Å²) in [7, 11) is 4.21. The van der Waals surface area contributed by atoms with Crippen LogP contribution in [0.4, 0.5) is 4.79 Å². The molecule has 0 aliphatic heterocycles. The van der Waals surface area contributed by atoms with Gasteiger partial charge in [0.15, 0.2) is 5.78 Å². The third-order valence-electron chi connectivity index (χ3n) is 4.32. The van der Waals surface area contributed by atoms with Crippen molar-refractivity contribution in [2.24, 2.45) is 0 Å². The minimum atomic E-state index is -0.669. The van der Waals surface area contributed by atoms with Gasteiger partial charge in [0, 0.05) is 25.9 Å². The summed E-state index contributed by atoms with van der Waals surface area (Å²) in [4.78, 5) is 21.8. The molecule has 2 N–H and O–H groups in total. The average molecular weight is 561 g/mol. The number of aliphatic hydroxyl groups excluding tert-OH is 2. The van der Waals surface area contributed by atoms with E-state index >= 15 is 0 Å². The summed E-state index contributed by atoms with van der Waals surface area (Å²) in [5.74, 6) is 0.412. The summed E-state index contributed by atoms with van der Waals surface area (Å²) in [6.07, 6.45) is 14.7. The van der Waals surface area contributed by atoms with E-state index < -0.39 is 6.16 Å². The molecule has 1 unspecified atom stereocenters. The van der Waals surface area contributed by atoms with Crippen LogP contribution in [0.1, 0.15) is 52.7 Å². The van der Waals surface area contributed by atoms with E-state index in [0.717, 1.165) is 29.9 Å². The van der Waals surface area contributed by atoms with Crippen LogP contribution < -0.4 is 4.74 Å². The van der Waals surface area contributed by atoms with Crippen LogP contribution in [0.3, 0.4) is 0 Å². The lowest BCUT2D eigenvalue weighted by Crippen LogP contribution is -2.07. The third-order valence-corrected chi connectivity index (χ3v) is 4.32. The number of ketones is 1. The highest BCUT2D eigenvalue weighted by atomic mass is 16.7. The van der Waals surface area contributed by atoms with Crippen molar-refractivity contribution in [2.75, 3.05) is 27.9 Å². The van der Waals surface area contributed by atoms with Gasteiger partial charge in [-0.3, -0.25) is 4.79 Å². The quantitative estimate of drug-likeness (QED) is 0.118. The lowest BCUT2D eigenvalue weighted by Gasteiger charge is -2.10. The van der Waals surface area contributed by atoms with Crippen LogP contribution in [-0.4, -0.2) is 56.2 Å². The van der Waals surface area contributed by atoms with Crippen molar-refractivity contribution in [3.05, 3.63) is 95.8 Å². The zero-order valence-electron chi connectivity index (χ0n) is 25.5. The molecule has 1 aromatic rings. The molecule has 0 radical (unpaired) electrons. The van der Waals surface area contributed by atoms with Crippen LogP contribution in [0.15, 0.2) is 84.7 Å². The Labute approximate surface area is 240 Å².